The van der Waals surface area contributed by atoms with Crippen LogP contribution in [0.5, 0.6) is 0 Å². The Morgan fingerprint density at radius 2 is 1.71 bits per heavy atom. The Morgan fingerprint density at radius 3 is 2.10 bits per heavy atom. The number of nitrogens with one attached hydrogen (secondary N) is 1. The van der Waals surface area contributed by atoms with Crippen molar-refractivity contribution in [3.63, 3.8) is 0 Å². The van der Waals surface area contributed by atoms with Crippen molar-refractivity contribution in [1.29, 1.82) is 0 Å². The molecule has 1 aromatic rings. The van der Waals surface area contributed by atoms with E-state index in [1.807, 2.05) is 0 Å². The number of hydrogen-bond acceptors (Lipinski definition) is 2. The van der Waals surface area contributed by atoms with E-state index in [-0.39, 0.29) is 13.0 Å². The molecular weight excluding hydrogens is 340 g/mol. The second-order valence-electron chi connectivity index (χ2n) is 4.53. The van der Waals surface area contributed by atoms with Crippen molar-refractivity contribution in [2.45, 2.75) is 38.2 Å². The third kappa shape index (κ3) is 5.67. The normalized spacial score (nSPS) is 14.7. The fourth-order valence-corrected chi connectivity index (χ4v) is 3.10. The molecule has 0 aliphatic carbocycles. The summed E-state index contributed by atoms with van der Waals surface area (Å²) in [6, 6.07) is 1.13. The zero-order chi connectivity index (χ0) is 16.3. The van der Waals surface area contributed by atoms with E-state index in [0.29, 0.717) is 15.6 Å². The average molecular weight is 354 g/mol. The molecule has 0 saturated carbocycles. The molecule has 0 radical (unpaired) electrons. The van der Waals surface area contributed by atoms with Gasteiger partial charge in [-0.1, -0.05) is 18.5 Å². The van der Waals surface area contributed by atoms with Gasteiger partial charge in [0.15, 0.2) is 5.92 Å². The van der Waals surface area contributed by atoms with Crippen molar-refractivity contribution in [3.05, 3.63) is 21.3 Å². The smallest absolute Gasteiger partial charge is 0.313 e. The predicted octanol–water partition coefficient (Wildman–Crippen LogP) is 5.05. The van der Waals surface area contributed by atoms with Crippen LogP contribution < -0.4 is 5.32 Å². The topological polar surface area (TPSA) is 12.0 Å². The zero-order valence-corrected chi connectivity index (χ0v) is 12.6. The van der Waals surface area contributed by atoms with Crippen molar-refractivity contribution in [1.82, 2.24) is 5.32 Å². The zero-order valence-electron chi connectivity index (χ0n) is 11.0. The summed E-state index contributed by atoms with van der Waals surface area (Å²) in [4.78, 5) is 0.382. The molecule has 1 atom stereocenters. The van der Waals surface area contributed by atoms with Crippen LogP contribution in [-0.2, 0) is 6.42 Å². The molecule has 0 fully saturated rings. The molecule has 0 spiro atoms. The first-order chi connectivity index (χ1) is 9.55. The van der Waals surface area contributed by atoms with Gasteiger partial charge in [-0.3, -0.25) is 0 Å². The van der Waals surface area contributed by atoms with Crippen molar-refractivity contribution in [3.8, 4) is 0 Å². The Morgan fingerprint density at radius 1 is 1.14 bits per heavy atom. The number of halogens is 7. The fourth-order valence-electron chi connectivity index (χ4n) is 1.96. The summed E-state index contributed by atoms with van der Waals surface area (Å²) in [7, 11) is 0. The Hall–Kier alpha value is -0.470. The lowest BCUT2D eigenvalue weighted by Gasteiger charge is -2.31. The van der Waals surface area contributed by atoms with Crippen molar-refractivity contribution in [2.24, 2.45) is 5.92 Å². The number of hydrogen-bond donors (Lipinski definition) is 1. The van der Waals surface area contributed by atoms with E-state index < -0.39 is 24.3 Å². The molecule has 1 nitrogen and oxygen atoms in total. The maximum absolute atomic E-state index is 12.8. The van der Waals surface area contributed by atoms with Crippen LogP contribution in [-0.4, -0.2) is 24.9 Å². The maximum Gasteiger partial charge on any atom is 0.402 e. The van der Waals surface area contributed by atoms with E-state index in [9.17, 15) is 26.3 Å². The van der Waals surface area contributed by atoms with E-state index in [1.54, 1.807) is 6.92 Å². The molecule has 0 aliphatic rings. The first-order valence-corrected chi connectivity index (χ1v) is 7.36. The lowest BCUT2D eigenvalue weighted by molar-refractivity contribution is -0.291. The second-order valence-corrected chi connectivity index (χ2v) is 6.33. The largest absolute Gasteiger partial charge is 0.402 e. The summed E-state index contributed by atoms with van der Waals surface area (Å²) < 4.78 is 77.2. The van der Waals surface area contributed by atoms with Crippen LogP contribution in [0.1, 0.15) is 18.2 Å². The highest BCUT2D eigenvalue weighted by Crippen LogP contribution is 2.42. The third-order valence-corrected chi connectivity index (χ3v) is 4.07. The van der Waals surface area contributed by atoms with Crippen LogP contribution in [0.4, 0.5) is 26.3 Å². The molecule has 1 heterocycles. The van der Waals surface area contributed by atoms with Crippen LogP contribution in [0.3, 0.4) is 0 Å². The summed E-state index contributed by atoms with van der Waals surface area (Å²) in [5.41, 5.74) is 0. The van der Waals surface area contributed by atoms with Crippen molar-refractivity contribution >= 4 is 22.9 Å². The summed E-state index contributed by atoms with van der Waals surface area (Å²) in [6.45, 7) is 1.74. The minimum absolute atomic E-state index is 0.0758. The molecule has 1 N–H and O–H groups in total. The van der Waals surface area contributed by atoms with E-state index in [1.165, 1.54) is 12.1 Å². The fraction of sp³-hybridized carbons (Fsp3) is 0.667. The van der Waals surface area contributed by atoms with Crippen LogP contribution in [0.25, 0.3) is 0 Å². The number of rotatable bonds is 6. The van der Waals surface area contributed by atoms with Gasteiger partial charge < -0.3 is 5.32 Å². The molecule has 21 heavy (non-hydrogen) atoms. The summed E-state index contributed by atoms with van der Waals surface area (Å²) in [5, 5.41) is 2.36. The number of thiophene rings is 1. The van der Waals surface area contributed by atoms with Gasteiger partial charge in [0.05, 0.1) is 4.34 Å². The van der Waals surface area contributed by atoms with E-state index in [0.717, 1.165) is 11.3 Å². The summed E-state index contributed by atoms with van der Waals surface area (Å²) in [6.07, 6.45) is -10.7. The third-order valence-electron chi connectivity index (χ3n) is 2.81. The van der Waals surface area contributed by atoms with Gasteiger partial charge in [-0.25, -0.2) is 0 Å². The standard InChI is InChI=1S/C12H14ClF6NS/c1-2-5-20-8(6-7-3-4-9(13)21-7)10(11(14,15)16)12(17,18)19/h3-4,8,10,20H,2,5-6H2,1H3. The highest BCUT2D eigenvalue weighted by molar-refractivity contribution is 7.16. The predicted molar refractivity (Wildman–Crippen MR) is 70.7 cm³/mol. The molecule has 1 aromatic heterocycles. The highest BCUT2D eigenvalue weighted by Gasteiger charge is 2.59. The molecule has 1 unspecified atom stereocenters. The lowest BCUT2D eigenvalue weighted by Crippen LogP contribution is -2.52. The SMILES string of the molecule is CCCNC(Cc1ccc(Cl)s1)C(C(F)(F)F)C(F)(F)F. The molecular formula is C12H14ClF6NS. The van der Waals surface area contributed by atoms with E-state index in [4.69, 9.17) is 11.6 Å². The first-order valence-electron chi connectivity index (χ1n) is 6.16. The highest BCUT2D eigenvalue weighted by atomic mass is 35.5. The Kier molecular flexibility index (Phi) is 6.36. The Balaban J connectivity index is 3.02. The van der Waals surface area contributed by atoms with Gasteiger partial charge in [-0.05, 0) is 31.5 Å². The molecule has 0 bridgehead atoms. The van der Waals surface area contributed by atoms with Gasteiger partial charge in [-0.2, -0.15) is 26.3 Å². The minimum Gasteiger partial charge on any atom is -0.313 e. The summed E-state index contributed by atoms with van der Waals surface area (Å²) >= 11 is 6.64. The number of alkyl halides is 6. The molecule has 9 heteroatoms. The first kappa shape index (κ1) is 18.6. The van der Waals surface area contributed by atoms with Gasteiger partial charge >= 0.3 is 12.4 Å². The Bertz CT molecular complexity index is 428. The molecule has 1 rings (SSSR count). The van der Waals surface area contributed by atoms with Crippen molar-refractivity contribution in [2.75, 3.05) is 6.54 Å². The van der Waals surface area contributed by atoms with Gasteiger partial charge in [0.1, 0.15) is 0 Å². The monoisotopic (exact) mass is 353 g/mol. The molecule has 0 amide bonds. The van der Waals surface area contributed by atoms with Crippen molar-refractivity contribution < 1.29 is 26.3 Å². The minimum atomic E-state index is -5.36. The molecule has 0 aliphatic heterocycles. The maximum atomic E-state index is 12.8. The molecule has 122 valence electrons. The van der Waals surface area contributed by atoms with Gasteiger partial charge in [0.25, 0.3) is 0 Å². The van der Waals surface area contributed by atoms with Gasteiger partial charge in [0.2, 0.25) is 0 Å². The van der Waals surface area contributed by atoms with E-state index >= 15 is 0 Å². The average Bonchev–Trinajstić information content (AvgIpc) is 2.67. The summed E-state index contributed by atoms with van der Waals surface area (Å²) in [5.74, 6) is -3.41. The van der Waals surface area contributed by atoms with Crippen LogP contribution in [0, 0.1) is 5.92 Å². The quantitative estimate of drug-likeness (QED) is 0.705. The molecule has 0 aromatic carbocycles. The van der Waals surface area contributed by atoms with Crippen LogP contribution >= 0.6 is 22.9 Å². The van der Waals surface area contributed by atoms with Gasteiger partial charge in [0, 0.05) is 10.9 Å². The second kappa shape index (κ2) is 7.19. The van der Waals surface area contributed by atoms with Gasteiger partial charge in [-0.15, -0.1) is 11.3 Å². The van der Waals surface area contributed by atoms with E-state index in [2.05, 4.69) is 5.32 Å². The van der Waals surface area contributed by atoms with Crippen LogP contribution in [0.15, 0.2) is 12.1 Å². The molecule has 0 saturated heterocycles. The van der Waals surface area contributed by atoms with Crippen LogP contribution in [0.2, 0.25) is 4.34 Å². The Labute approximate surface area is 127 Å². The lowest BCUT2D eigenvalue weighted by atomic mass is 9.94.